The van der Waals surface area contributed by atoms with E-state index in [2.05, 4.69) is 5.32 Å². The minimum absolute atomic E-state index is 0.0250. The van der Waals surface area contributed by atoms with Crippen LogP contribution in [0, 0.1) is 5.41 Å². The summed E-state index contributed by atoms with van der Waals surface area (Å²) in [7, 11) is 1.64. The zero-order valence-corrected chi connectivity index (χ0v) is 12.1. The molecule has 0 aliphatic heterocycles. The van der Waals surface area contributed by atoms with E-state index in [0.717, 1.165) is 29.5 Å². The first-order valence-corrected chi connectivity index (χ1v) is 7.16. The number of carbonyl (C=O) groups is 1. The largest absolute Gasteiger partial charge is 0.497 e. The summed E-state index contributed by atoms with van der Waals surface area (Å²) in [5.41, 5.74) is 0.955. The first-order chi connectivity index (χ1) is 10.2. The summed E-state index contributed by atoms with van der Waals surface area (Å²) in [4.78, 5) is 12.0. The van der Waals surface area contributed by atoms with E-state index >= 15 is 0 Å². The van der Waals surface area contributed by atoms with Gasteiger partial charge in [0.2, 0.25) is 5.91 Å². The van der Waals surface area contributed by atoms with Crippen LogP contribution >= 0.6 is 0 Å². The molecule has 0 spiro atoms. The number of aliphatic hydroxyl groups excluding tert-OH is 1. The number of nitrogens with zero attached hydrogens (tertiary/aromatic N) is 1. The second-order valence-electron chi connectivity index (χ2n) is 5.80. The van der Waals surface area contributed by atoms with E-state index in [-0.39, 0.29) is 24.5 Å². The van der Waals surface area contributed by atoms with E-state index < -0.39 is 0 Å². The number of rotatable bonds is 6. The highest BCUT2D eigenvalue weighted by Gasteiger charge is 2.41. The van der Waals surface area contributed by atoms with Crippen molar-refractivity contribution in [3.05, 3.63) is 30.5 Å². The molecule has 1 aliphatic carbocycles. The zero-order valence-electron chi connectivity index (χ0n) is 12.1. The molecule has 1 saturated carbocycles. The lowest BCUT2D eigenvalue weighted by Gasteiger charge is -2.13. The van der Waals surface area contributed by atoms with Gasteiger partial charge in [0.1, 0.15) is 12.3 Å². The number of nitrogens with one attached hydrogen (secondary N) is 1. The highest BCUT2D eigenvalue weighted by Crippen LogP contribution is 2.44. The summed E-state index contributed by atoms with van der Waals surface area (Å²) in [6.07, 6.45) is 3.90. The van der Waals surface area contributed by atoms with Gasteiger partial charge < -0.3 is 19.7 Å². The molecule has 21 heavy (non-hydrogen) atoms. The van der Waals surface area contributed by atoms with Crippen LogP contribution in [0.1, 0.15) is 12.8 Å². The molecule has 1 aromatic heterocycles. The number of carbonyl (C=O) groups excluding carboxylic acids is 1. The van der Waals surface area contributed by atoms with E-state index in [1.54, 1.807) is 7.11 Å². The van der Waals surface area contributed by atoms with Crippen molar-refractivity contribution in [3.8, 4) is 5.75 Å². The Morgan fingerprint density at radius 1 is 1.43 bits per heavy atom. The molecule has 5 nitrogen and oxygen atoms in total. The second-order valence-corrected chi connectivity index (χ2v) is 5.80. The molecule has 0 saturated heterocycles. The van der Waals surface area contributed by atoms with Crippen LogP contribution in [-0.2, 0) is 11.3 Å². The van der Waals surface area contributed by atoms with Gasteiger partial charge >= 0.3 is 0 Å². The number of hydrogen-bond donors (Lipinski definition) is 2. The fraction of sp³-hybridized carbons (Fsp3) is 0.438. The molecule has 1 fully saturated rings. The zero-order chi connectivity index (χ0) is 14.9. The smallest absolute Gasteiger partial charge is 0.239 e. The third kappa shape index (κ3) is 2.88. The fourth-order valence-corrected chi connectivity index (χ4v) is 2.51. The highest BCUT2D eigenvalue weighted by atomic mass is 16.5. The van der Waals surface area contributed by atoms with Crippen LogP contribution in [0.4, 0.5) is 0 Å². The molecule has 1 amide bonds. The van der Waals surface area contributed by atoms with Gasteiger partial charge in [0, 0.05) is 29.1 Å². The molecular formula is C16H20N2O3. The first-order valence-electron chi connectivity index (χ1n) is 7.16. The summed E-state index contributed by atoms with van der Waals surface area (Å²) in [6.45, 7) is 1.01. The number of methoxy groups -OCH3 is 1. The highest BCUT2D eigenvalue weighted by molar-refractivity contribution is 5.84. The molecule has 0 unspecified atom stereocenters. The van der Waals surface area contributed by atoms with Crippen LogP contribution in [0.25, 0.3) is 10.9 Å². The number of aliphatic hydroxyl groups is 1. The molecular weight excluding hydrogens is 268 g/mol. The molecule has 112 valence electrons. The topological polar surface area (TPSA) is 63.5 Å². The summed E-state index contributed by atoms with van der Waals surface area (Å²) in [6, 6.07) is 7.77. The Hall–Kier alpha value is -2.01. The van der Waals surface area contributed by atoms with Gasteiger partial charge in [-0.25, -0.2) is 0 Å². The van der Waals surface area contributed by atoms with Crippen molar-refractivity contribution >= 4 is 16.8 Å². The van der Waals surface area contributed by atoms with Crippen molar-refractivity contribution in [2.45, 2.75) is 19.4 Å². The molecule has 2 aromatic rings. The Morgan fingerprint density at radius 3 is 2.90 bits per heavy atom. The maximum absolute atomic E-state index is 12.0. The monoisotopic (exact) mass is 288 g/mol. The Bertz CT molecular complexity index is 659. The third-order valence-electron chi connectivity index (χ3n) is 4.25. The molecule has 1 aliphatic rings. The Balaban J connectivity index is 1.65. The SMILES string of the molecule is COc1ccc2c(ccn2CC(=O)NCC2(CO)CC2)c1. The van der Waals surface area contributed by atoms with Gasteiger partial charge in [0.05, 0.1) is 13.7 Å². The van der Waals surface area contributed by atoms with E-state index in [1.165, 1.54) is 0 Å². The molecule has 1 heterocycles. The predicted octanol–water partition coefficient (Wildman–Crippen LogP) is 1.54. The van der Waals surface area contributed by atoms with Crippen LogP contribution in [0.15, 0.2) is 30.5 Å². The van der Waals surface area contributed by atoms with Crippen molar-refractivity contribution < 1.29 is 14.6 Å². The van der Waals surface area contributed by atoms with Gasteiger partial charge in [-0.1, -0.05) is 0 Å². The first kappa shape index (κ1) is 13.9. The van der Waals surface area contributed by atoms with Gasteiger partial charge in [-0.3, -0.25) is 4.79 Å². The lowest BCUT2D eigenvalue weighted by molar-refractivity contribution is -0.121. The Labute approximate surface area is 123 Å². The summed E-state index contributed by atoms with van der Waals surface area (Å²) in [5.74, 6) is 0.784. The van der Waals surface area contributed by atoms with Gasteiger partial charge in [-0.15, -0.1) is 0 Å². The number of ether oxygens (including phenoxy) is 1. The third-order valence-corrected chi connectivity index (χ3v) is 4.25. The van der Waals surface area contributed by atoms with Crippen molar-refractivity contribution in [3.63, 3.8) is 0 Å². The number of aromatic nitrogens is 1. The van der Waals surface area contributed by atoms with E-state index in [4.69, 9.17) is 4.74 Å². The molecule has 2 N–H and O–H groups in total. The molecule has 0 radical (unpaired) electrons. The minimum atomic E-state index is -0.0538. The Kier molecular flexibility index (Phi) is 3.59. The predicted molar refractivity (Wildman–Crippen MR) is 80.3 cm³/mol. The average molecular weight is 288 g/mol. The lowest BCUT2D eigenvalue weighted by atomic mass is 10.1. The van der Waals surface area contributed by atoms with Crippen LogP contribution in [0.3, 0.4) is 0 Å². The maximum Gasteiger partial charge on any atom is 0.239 e. The normalized spacial score (nSPS) is 15.9. The number of amides is 1. The molecule has 0 atom stereocenters. The van der Waals surface area contributed by atoms with Gasteiger partial charge in [0.25, 0.3) is 0 Å². The molecule has 5 heteroatoms. The fourth-order valence-electron chi connectivity index (χ4n) is 2.51. The maximum atomic E-state index is 12.0. The number of benzene rings is 1. The van der Waals surface area contributed by atoms with Gasteiger partial charge in [-0.2, -0.15) is 0 Å². The summed E-state index contributed by atoms with van der Waals surface area (Å²) in [5, 5.41) is 13.2. The van der Waals surface area contributed by atoms with Crippen LogP contribution in [0.2, 0.25) is 0 Å². The summed E-state index contributed by atoms with van der Waals surface area (Å²) < 4.78 is 7.12. The van der Waals surface area contributed by atoms with Crippen LogP contribution in [0.5, 0.6) is 5.75 Å². The van der Waals surface area contributed by atoms with Gasteiger partial charge in [-0.05, 0) is 37.1 Å². The lowest BCUT2D eigenvalue weighted by Crippen LogP contribution is -2.34. The van der Waals surface area contributed by atoms with Gasteiger partial charge in [0.15, 0.2) is 0 Å². The number of fused-ring (bicyclic) bond motifs is 1. The quantitative estimate of drug-likeness (QED) is 0.847. The summed E-state index contributed by atoms with van der Waals surface area (Å²) >= 11 is 0. The van der Waals surface area contributed by atoms with Crippen molar-refractivity contribution in [1.29, 1.82) is 0 Å². The van der Waals surface area contributed by atoms with Crippen molar-refractivity contribution in [1.82, 2.24) is 9.88 Å². The van der Waals surface area contributed by atoms with Crippen molar-refractivity contribution in [2.24, 2.45) is 5.41 Å². The molecule has 0 bridgehead atoms. The van der Waals surface area contributed by atoms with E-state index in [1.807, 2.05) is 35.0 Å². The minimum Gasteiger partial charge on any atom is -0.497 e. The average Bonchev–Trinajstić information content (AvgIpc) is 3.20. The van der Waals surface area contributed by atoms with Crippen LogP contribution < -0.4 is 10.1 Å². The van der Waals surface area contributed by atoms with Crippen LogP contribution in [-0.4, -0.2) is 35.8 Å². The molecule has 3 rings (SSSR count). The van der Waals surface area contributed by atoms with Crippen molar-refractivity contribution in [2.75, 3.05) is 20.3 Å². The van der Waals surface area contributed by atoms with E-state index in [0.29, 0.717) is 6.54 Å². The second kappa shape index (κ2) is 5.41. The number of hydrogen-bond acceptors (Lipinski definition) is 3. The van der Waals surface area contributed by atoms with E-state index in [9.17, 15) is 9.90 Å². The molecule has 1 aromatic carbocycles. The Morgan fingerprint density at radius 2 is 2.24 bits per heavy atom. The standard InChI is InChI=1S/C16H20N2O3/c1-21-13-2-3-14-12(8-13)4-7-18(14)9-15(20)17-10-16(11-19)5-6-16/h2-4,7-8,19H,5-6,9-11H2,1H3,(H,17,20).